The molecule has 1 N–H and O–H groups in total. The molecule has 0 amide bonds. The molecular formula is C17H25NOS. The molecule has 2 nitrogen and oxygen atoms in total. The second kappa shape index (κ2) is 7.26. The van der Waals surface area contributed by atoms with Crippen LogP contribution in [-0.4, -0.2) is 29.7 Å². The van der Waals surface area contributed by atoms with E-state index in [1.54, 1.807) is 11.3 Å². The SMILES string of the molecule is CC1(C)CCCN(Cc2ccc(C#CCCO)s2)CC1. The van der Waals surface area contributed by atoms with Gasteiger partial charge in [0.2, 0.25) is 0 Å². The number of aliphatic hydroxyl groups is 1. The first-order valence-corrected chi connectivity index (χ1v) is 8.31. The molecule has 0 saturated carbocycles. The summed E-state index contributed by atoms with van der Waals surface area (Å²) in [6.07, 6.45) is 4.50. The number of likely N-dealkylation sites (tertiary alicyclic amines) is 1. The molecule has 0 aliphatic carbocycles. The van der Waals surface area contributed by atoms with Crippen LogP contribution >= 0.6 is 11.3 Å². The Kier molecular flexibility index (Phi) is 5.65. The van der Waals surface area contributed by atoms with Crippen molar-refractivity contribution < 1.29 is 5.11 Å². The molecule has 1 aliphatic heterocycles. The number of hydrogen-bond donors (Lipinski definition) is 1. The lowest BCUT2D eigenvalue weighted by Gasteiger charge is -2.22. The minimum Gasteiger partial charge on any atom is -0.395 e. The summed E-state index contributed by atoms with van der Waals surface area (Å²) in [4.78, 5) is 5.09. The standard InChI is InChI=1S/C17H25NOS/c1-17(2)9-5-11-18(12-10-17)14-16-8-7-15(20-16)6-3-4-13-19/h7-8,19H,4-5,9-14H2,1-2H3. The topological polar surface area (TPSA) is 23.5 Å². The lowest BCUT2D eigenvalue weighted by atomic mass is 9.85. The van der Waals surface area contributed by atoms with E-state index in [1.807, 2.05) is 0 Å². The zero-order chi connectivity index (χ0) is 14.4. The second-order valence-electron chi connectivity index (χ2n) is 6.34. The Bertz CT molecular complexity index is 481. The van der Waals surface area contributed by atoms with Gasteiger partial charge < -0.3 is 5.11 Å². The van der Waals surface area contributed by atoms with Crippen molar-refractivity contribution in [1.29, 1.82) is 0 Å². The van der Waals surface area contributed by atoms with Crippen LogP contribution in [0.5, 0.6) is 0 Å². The Hall–Kier alpha value is -0.820. The van der Waals surface area contributed by atoms with Gasteiger partial charge in [0.05, 0.1) is 11.5 Å². The van der Waals surface area contributed by atoms with Crippen molar-refractivity contribution >= 4 is 11.3 Å². The van der Waals surface area contributed by atoms with Crippen LogP contribution < -0.4 is 0 Å². The largest absolute Gasteiger partial charge is 0.395 e. The smallest absolute Gasteiger partial charge is 0.0771 e. The van der Waals surface area contributed by atoms with E-state index in [1.165, 1.54) is 37.2 Å². The van der Waals surface area contributed by atoms with Crippen molar-refractivity contribution in [3.05, 3.63) is 21.9 Å². The van der Waals surface area contributed by atoms with Gasteiger partial charge in [0.15, 0.2) is 0 Å². The third-order valence-electron chi connectivity index (χ3n) is 3.92. The van der Waals surface area contributed by atoms with Gasteiger partial charge in [0, 0.05) is 17.8 Å². The van der Waals surface area contributed by atoms with Crippen molar-refractivity contribution in [2.24, 2.45) is 5.41 Å². The summed E-state index contributed by atoms with van der Waals surface area (Å²) in [5.41, 5.74) is 0.505. The molecule has 1 aromatic rings. The lowest BCUT2D eigenvalue weighted by molar-refractivity contribution is 0.257. The first-order valence-electron chi connectivity index (χ1n) is 7.50. The zero-order valence-electron chi connectivity index (χ0n) is 12.6. The summed E-state index contributed by atoms with van der Waals surface area (Å²) in [5.74, 6) is 6.10. The van der Waals surface area contributed by atoms with Gasteiger partial charge in [-0.1, -0.05) is 25.7 Å². The van der Waals surface area contributed by atoms with Gasteiger partial charge in [0.1, 0.15) is 0 Å². The van der Waals surface area contributed by atoms with Gasteiger partial charge >= 0.3 is 0 Å². The predicted octanol–water partition coefficient (Wildman–Crippen LogP) is 3.49. The van der Waals surface area contributed by atoms with Gasteiger partial charge in [0.25, 0.3) is 0 Å². The number of rotatable bonds is 3. The summed E-state index contributed by atoms with van der Waals surface area (Å²) < 4.78 is 0. The Balaban J connectivity index is 1.89. The van der Waals surface area contributed by atoms with Gasteiger partial charge in [-0.25, -0.2) is 0 Å². The minimum atomic E-state index is 0.148. The highest BCUT2D eigenvalue weighted by Crippen LogP contribution is 2.30. The molecule has 0 bridgehead atoms. The molecule has 1 fully saturated rings. The van der Waals surface area contributed by atoms with Crippen LogP contribution in [0.15, 0.2) is 12.1 Å². The summed E-state index contributed by atoms with van der Waals surface area (Å²) in [7, 11) is 0. The maximum Gasteiger partial charge on any atom is 0.0771 e. The van der Waals surface area contributed by atoms with Crippen LogP contribution in [0.4, 0.5) is 0 Å². The van der Waals surface area contributed by atoms with E-state index < -0.39 is 0 Å². The average Bonchev–Trinajstić information content (AvgIpc) is 2.76. The Morgan fingerprint density at radius 1 is 1.30 bits per heavy atom. The molecule has 0 spiro atoms. The van der Waals surface area contributed by atoms with Crippen molar-refractivity contribution in [1.82, 2.24) is 4.90 Å². The van der Waals surface area contributed by atoms with Crippen LogP contribution in [-0.2, 0) is 6.54 Å². The monoisotopic (exact) mass is 291 g/mol. The molecule has 3 heteroatoms. The first-order chi connectivity index (χ1) is 9.59. The van der Waals surface area contributed by atoms with E-state index in [9.17, 15) is 0 Å². The van der Waals surface area contributed by atoms with E-state index in [0.717, 1.165) is 11.4 Å². The van der Waals surface area contributed by atoms with Crippen LogP contribution in [0.2, 0.25) is 0 Å². The maximum atomic E-state index is 8.73. The summed E-state index contributed by atoms with van der Waals surface area (Å²) in [6, 6.07) is 4.30. The lowest BCUT2D eigenvalue weighted by Crippen LogP contribution is -2.24. The highest BCUT2D eigenvalue weighted by Gasteiger charge is 2.23. The summed E-state index contributed by atoms with van der Waals surface area (Å²) >= 11 is 1.79. The molecule has 0 aromatic carbocycles. The van der Waals surface area contributed by atoms with E-state index in [0.29, 0.717) is 11.8 Å². The van der Waals surface area contributed by atoms with E-state index >= 15 is 0 Å². The van der Waals surface area contributed by atoms with Crippen molar-refractivity contribution in [2.75, 3.05) is 19.7 Å². The Morgan fingerprint density at radius 2 is 2.15 bits per heavy atom. The Morgan fingerprint density at radius 3 is 2.95 bits per heavy atom. The average molecular weight is 291 g/mol. The predicted molar refractivity (Wildman–Crippen MR) is 85.8 cm³/mol. The van der Waals surface area contributed by atoms with Gasteiger partial charge in [-0.15, -0.1) is 11.3 Å². The fourth-order valence-corrected chi connectivity index (χ4v) is 3.52. The third kappa shape index (κ3) is 4.94. The highest BCUT2D eigenvalue weighted by molar-refractivity contribution is 7.12. The second-order valence-corrected chi connectivity index (χ2v) is 7.50. The molecule has 20 heavy (non-hydrogen) atoms. The number of aliphatic hydroxyl groups excluding tert-OH is 1. The fraction of sp³-hybridized carbons (Fsp3) is 0.647. The van der Waals surface area contributed by atoms with Gasteiger partial charge in [-0.2, -0.15) is 0 Å². The molecule has 2 rings (SSSR count). The first kappa shape index (κ1) is 15.6. The van der Waals surface area contributed by atoms with Crippen molar-refractivity contribution in [2.45, 2.75) is 46.1 Å². The normalized spacial score (nSPS) is 19.1. The highest BCUT2D eigenvalue weighted by atomic mass is 32.1. The molecule has 1 aliphatic rings. The van der Waals surface area contributed by atoms with Crippen LogP contribution in [0.3, 0.4) is 0 Å². The van der Waals surface area contributed by atoms with Gasteiger partial charge in [-0.3, -0.25) is 4.90 Å². The molecule has 1 saturated heterocycles. The van der Waals surface area contributed by atoms with E-state index in [-0.39, 0.29) is 6.61 Å². The van der Waals surface area contributed by atoms with Crippen LogP contribution in [0.25, 0.3) is 0 Å². The molecule has 110 valence electrons. The molecule has 0 unspecified atom stereocenters. The van der Waals surface area contributed by atoms with Crippen molar-refractivity contribution in [3.63, 3.8) is 0 Å². The quantitative estimate of drug-likeness (QED) is 0.862. The summed E-state index contributed by atoms with van der Waals surface area (Å²) in [6.45, 7) is 8.40. The van der Waals surface area contributed by atoms with Crippen LogP contribution in [0, 0.1) is 17.3 Å². The van der Waals surface area contributed by atoms with E-state index in [4.69, 9.17) is 5.11 Å². The molecule has 1 aromatic heterocycles. The molecule has 0 atom stereocenters. The molecular weight excluding hydrogens is 266 g/mol. The summed E-state index contributed by atoms with van der Waals surface area (Å²) in [5, 5.41) is 8.73. The number of nitrogens with zero attached hydrogens (tertiary/aromatic N) is 1. The number of hydrogen-bond acceptors (Lipinski definition) is 3. The molecule has 0 radical (unpaired) electrons. The zero-order valence-corrected chi connectivity index (χ0v) is 13.4. The van der Waals surface area contributed by atoms with Crippen molar-refractivity contribution in [3.8, 4) is 11.8 Å². The third-order valence-corrected chi connectivity index (χ3v) is 4.91. The fourth-order valence-electron chi connectivity index (χ4n) is 2.59. The Labute approximate surface area is 126 Å². The maximum absolute atomic E-state index is 8.73. The minimum absolute atomic E-state index is 0.148. The molecule has 2 heterocycles. The van der Waals surface area contributed by atoms with Gasteiger partial charge in [-0.05, 0) is 49.9 Å². The number of thiophene rings is 1. The van der Waals surface area contributed by atoms with E-state index in [2.05, 4.69) is 42.7 Å². The van der Waals surface area contributed by atoms with Crippen LogP contribution in [0.1, 0.15) is 49.3 Å².